The van der Waals surface area contributed by atoms with E-state index >= 15 is 0 Å². The fraction of sp³-hybridized carbons (Fsp3) is 0.0545. The molecule has 1 nitrogen and oxygen atoms in total. The van der Waals surface area contributed by atoms with E-state index < -0.39 is 0 Å². The molecule has 1 heteroatoms. The van der Waals surface area contributed by atoms with Gasteiger partial charge in [0.1, 0.15) is 0 Å². The fourth-order valence-electron chi connectivity index (χ4n) is 9.12. The number of fused-ring (bicyclic) bond motifs is 4. The highest BCUT2D eigenvalue weighted by atomic mass is 15.1. The molecule has 0 N–H and O–H groups in total. The first kappa shape index (κ1) is 33.6. The maximum atomic E-state index is 2.49. The van der Waals surface area contributed by atoms with Gasteiger partial charge >= 0.3 is 0 Å². The Morgan fingerprint density at radius 1 is 0.321 bits per heavy atom. The molecule has 56 heavy (non-hydrogen) atoms. The average Bonchev–Trinajstić information content (AvgIpc) is 3.51. The molecule has 1 aliphatic carbocycles. The maximum absolute atomic E-state index is 2.49. The van der Waals surface area contributed by atoms with Crippen LogP contribution in [0.2, 0.25) is 0 Å². The van der Waals surface area contributed by atoms with Crippen LogP contribution in [0.4, 0.5) is 17.1 Å². The van der Waals surface area contributed by atoms with Crippen LogP contribution < -0.4 is 4.90 Å². The third kappa shape index (κ3) is 5.55. The normalized spacial score (nSPS) is 12.6. The molecule has 9 aromatic rings. The Morgan fingerprint density at radius 2 is 0.839 bits per heavy atom. The van der Waals surface area contributed by atoms with Gasteiger partial charge < -0.3 is 4.90 Å². The van der Waals surface area contributed by atoms with Crippen LogP contribution in [0, 0.1) is 0 Å². The molecular weight excluding hydrogens is 675 g/mol. The molecule has 0 saturated heterocycles. The summed E-state index contributed by atoms with van der Waals surface area (Å²) in [5, 5.41) is 2.42. The molecule has 266 valence electrons. The second kappa shape index (κ2) is 13.7. The van der Waals surface area contributed by atoms with E-state index in [0.29, 0.717) is 0 Å². The molecule has 9 aromatic carbocycles. The maximum Gasteiger partial charge on any atom is 0.0546 e. The molecule has 0 fully saturated rings. The summed E-state index contributed by atoms with van der Waals surface area (Å²) in [6, 6.07) is 77.6. The number of benzene rings is 9. The summed E-state index contributed by atoms with van der Waals surface area (Å²) in [6.45, 7) is 4.77. The highest BCUT2D eigenvalue weighted by Gasteiger charge is 2.38. The molecule has 0 bridgehead atoms. The van der Waals surface area contributed by atoms with E-state index in [2.05, 4.69) is 231 Å². The third-order valence-corrected chi connectivity index (χ3v) is 11.7. The molecule has 1 aliphatic rings. The summed E-state index contributed by atoms with van der Waals surface area (Å²) in [6.07, 6.45) is 0. The van der Waals surface area contributed by atoms with Gasteiger partial charge in [-0.15, -0.1) is 0 Å². The van der Waals surface area contributed by atoms with Crippen molar-refractivity contribution in [3.8, 4) is 55.6 Å². The first-order chi connectivity index (χ1) is 27.6. The molecular formula is C55H41N. The second-order valence-electron chi connectivity index (χ2n) is 15.3. The zero-order valence-electron chi connectivity index (χ0n) is 31.7. The number of hydrogen-bond acceptors (Lipinski definition) is 1. The van der Waals surface area contributed by atoms with E-state index in [1.54, 1.807) is 0 Å². The van der Waals surface area contributed by atoms with Crippen LogP contribution in [-0.2, 0) is 5.41 Å². The molecule has 0 aromatic heterocycles. The smallest absolute Gasteiger partial charge is 0.0546 e. The van der Waals surface area contributed by atoms with Crippen molar-refractivity contribution in [2.24, 2.45) is 0 Å². The Labute approximate surface area is 329 Å². The van der Waals surface area contributed by atoms with Crippen molar-refractivity contribution in [3.63, 3.8) is 0 Å². The van der Waals surface area contributed by atoms with Gasteiger partial charge in [0.15, 0.2) is 0 Å². The van der Waals surface area contributed by atoms with Crippen molar-refractivity contribution in [3.05, 3.63) is 223 Å². The number of rotatable bonds is 7. The van der Waals surface area contributed by atoms with Crippen molar-refractivity contribution >= 4 is 27.8 Å². The first-order valence-electron chi connectivity index (χ1n) is 19.5. The lowest BCUT2D eigenvalue weighted by molar-refractivity contribution is 0.662. The van der Waals surface area contributed by atoms with Crippen LogP contribution in [0.25, 0.3) is 66.4 Å². The number of nitrogens with zero attached hydrogens (tertiary/aromatic N) is 1. The molecule has 0 heterocycles. The molecule has 0 atom stereocenters. The Hall–Kier alpha value is -6.96. The summed E-state index contributed by atoms with van der Waals surface area (Å²) in [5.74, 6) is 0. The summed E-state index contributed by atoms with van der Waals surface area (Å²) in [4.78, 5) is 2.49. The van der Waals surface area contributed by atoms with Gasteiger partial charge in [-0.3, -0.25) is 0 Å². The summed E-state index contributed by atoms with van der Waals surface area (Å²) >= 11 is 0. The lowest BCUT2D eigenvalue weighted by atomic mass is 9.77. The standard InChI is InChI=1S/C55H41N/c1-55(2)50-30-15-14-25-45(50)48-28-16-29-49(54(48)55)47-27-17-31-52(53(47)41-22-10-5-11-23-41)56(42-34-32-39(33-35-42)38-18-6-3-7-19-38)51-37-36-43(40-20-8-4-9-21-40)44-24-12-13-26-46(44)51/h3-37H,1-2H3. The SMILES string of the molecule is CC1(C)c2ccccc2-c2cccc(-c3cccc(N(c4ccc(-c5ccccc5)cc4)c4ccc(-c5ccccc5)c5ccccc45)c3-c3ccccc3)c21. The van der Waals surface area contributed by atoms with Crippen molar-refractivity contribution in [1.82, 2.24) is 0 Å². The predicted molar refractivity (Wildman–Crippen MR) is 238 cm³/mol. The first-order valence-corrected chi connectivity index (χ1v) is 19.5. The van der Waals surface area contributed by atoms with Crippen LogP contribution in [0.1, 0.15) is 25.0 Å². The quantitative estimate of drug-likeness (QED) is 0.159. The minimum atomic E-state index is -0.164. The Morgan fingerprint density at radius 3 is 1.55 bits per heavy atom. The summed E-state index contributed by atoms with van der Waals surface area (Å²) < 4.78 is 0. The van der Waals surface area contributed by atoms with Crippen LogP contribution in [0.3, 0.4) is 0 Å². The van der Waals surface area contributed by atoms with Crippen LogP contribution in [0.5, 0.6) is 0 Å². The van der Waals surface area contributed by atoms with Gasteiger partial charge in [-0.1, -0.05) is 202 Å². The van der Waals surface area contributed by atoms with Gasteiger partial charge in [0, 0.05) is 22.1 Å². The summed E-state index contributed by atoms with van der Waals surface area (Å²) in [7, 11) is 0. The Kier molecular flexibility index (Phi) is 8.23. The van der Waals surface area contributed by atoms with Crippen molar-refractivity contribution < 1.29 is 0 Å². The van der Waals surface area contributed by atoms with E-state index in [1.165, 1.54) is 77.5 Å². The third-order valence-electron chi connectivity index (χ3n) is 11.7. The largest absolute Gasteiger partial charge is 0.309 e. The second-order valence-corrected chi connectivity index (χ2v) is 15.3. The molecule has 0 aliphatic heterocycles. The van der Waals surface area contributed by atoms with Gasteiger partial charge in [-0.2, -0.15) is 0 Å². The van der Waals surface area contributed by atoms with Crippen LogP contribution in [0.15, 0.2) is 212 Å². The lowest BCUT2D eigenvalue weighted by Crippen LogP contribution is -2.17. The molecule has 0 unspecified atom stereocenters. The average molecular weight is 716 g/mol. The van der Waals surface area contributed by atoms with Crippen molar-refractivity contribution in [2.45, 2.75) is 19.3 Å². The lowest BCUT2D eigenvalue weighted by Gasteiger charge is -2.31. The Balaban J connectivity index is 1.26. The molecule has 0 amide bonds. The fourth-order valence-corrected chi connectivity index (χ4v) is 9.12. The number of anilines is 3. The van der Waals surface area contributed by atoms with E-state index in [4.69, 9.17) is 0 Å². The molecule has 0 radical (unpaired) electrons. The zero-order valence-corrected chi connectivity index (χ0v) is 31.7. The van der Waals surface area contributed by atoms with Crippen molar-refractivity contribution in [1.29, 1.82) is 0 Å². The van der Waals surface area contributed by atoms with E-state index in [0.717, 1.165) is 17.1 Å². The minimum absolute atomic E-state index is 0.164. The topological polar surface area (TPSA) is 3.24 Å². The highest BCUT2D eigenvalue weighted by Crippen LogP contribution is 2.55. The van der Waals surface area contributed by atoms with E-state index in [-0.39, 0.29) is 5.41 Å². The number of hydrogen-bond donors (Lipinski definition) is 0. The molecule has 0 saturated carbocycles. The van der Waals surface area contributed by atoms with E-state index in [9.17, 15) is 0 Å². The van der Waals surface area contributed by atoms with Crippen LogP contribution in [-0.4, -0.2) is 0 Å². The summed E-state index contributed by atoms with van der Waals surface area (Å²) in [5.41, 5.74) is 18.3. The molecule has 10 rings (SSSR count). The monoisotopic (exact) mass is 715 g/mol. The van der Waals surface area contributed by atoms with Crippen LogP contribution >= 0.6 is 0 Å². The Bertz CT molecular complexity index is 2850. The van der Waals surface area contributed by atoms with Gasteiger partial charge in [-0.25, -0.2) is 0 Å². The van der Waals surface area contributed by atoms with Gasteiger partial charge in [0.05, 0.1) is 11.4 Å². The van der Waals surface area contributed by atoms with Gasteiger partial charge in [0.2, 0.25) is 0 Å². The van der Waals surface area contributed by atoms with E-state index in [1.807, 2.05) is 0 Å². The highest BCUT2D eigenvalue weighted by molar-refractivity contribution is 6.08. The molecule has 0 spiro atoms. The minimum Gasteiger partial charge on any atom is -0.309 e. The van der Waals surface area contributed by atoms with Gasteiger partial charge in [0.25, 0.3) is 0 Å². The predicted octanol–water partition coefficient (Wildman–Crippen LogP) is 15.3. The van der Waals surface area contributed by atoms with Crippen molar-refractivity contribution in [2.75, 3.05) is 4.90 Å². The zero-order chi connectivity index (χ0) is 37.6. The van der Waals surface area contributed by atoms with Gasteiger partial charge in [-0.05, 0) is 90.8 Å².